The first kappa shape index (κ1) is 17.4. The molecule has 0 fully saturated rings. The Morgan fingerprint density at radius 2 is 1.08 bits per heavy atom. The van der Waals surface area contributed by atoms with Crippen LogP contribution in [0.2, 0.25) is 10.0 Å². The molecule has 0 N–H and O–H groups in total. The van der Waals surface area contributed by atoms with Crippen molar-refractivity contribution in [3.05, 3.63) is 101 Å². The summed E-state index contributed by atoms with van der Waals surface area (Å²) in [4.78, 5) is 0. The standard InChI is InChI=1S/C22H15Cl2OP/c23-17-8-12-19(13-9-17)26(25,20-14-10-18(24)11-15-20)22-7-3-5-16-4-1-2-6-21(16)22/h1-15H. The number of hydrogen-bond acceptors (Lipinski definition) is 1. The summed E-state index contributed by atoms with van der Waals surface area (Å²) in [6.45, 7) is 0. The number of rotatable bonds is 3. The summed E-state index contributed by atoms with van der Waals surface area (Å²) < 4.78 is 14.6. The molecule has 0 aliphatic rings. The van der Waals surface area contributed by atoms with Crippen LogP contribution in [0.4, 0.5) is 0 Å². The fourth-order valence-electron chi connectivity index (χ4n) is 3.21. The Morgan fingerprint density at radius 1 is 0.577 bits per heavy atom. The number of hydrogen-bond donors (Lipinski definition) is 0. The molecule has 0 heterocycles. The maximum Gasteiger partial charge on any atom is 0.171 e. The average molecular weight is 397 g/mol. The first-order valence-electron chi connectivity index (χ1n) is 8.20. The third-order valence-electron chi connectivity index (χ3n) is 4.49. The highest BCUT2D eigenvalue weighted by Gasteiger charge is 2.31. The van der Waals surface area contributed by atoms with Crippen molar-refractivity contribution in [1.82, 2.24) is 0 Å². The summed E-state index contributed by atoms with van der Waals surface area (Å²) in [6, 6.07) is 28.5. The molecule has 26 heavy (non-hydrogen) atoms. The van der Waals surface area contributed by atoms with E-state index in [9.17, 15) is 4.57 Å². The molecular weight excluding hydrogens is 382 g/mol. The van der Waals surface area contributed by atoms with Gasteiger partial charge in [0.15, 0.2) is 7.14 Å². The van der Waals surface area contributed by atoms with Crippen molar-refractivity contribution in [2.75, 3.05) is 0 Å². The van der Waals surface area contributed by atoms with Crippen LogP contribution < -0.4 is 15.9 Å². The molecule has 0 bridgehead atoms. The summed E-state index contributed by atoms with van der Waals surface area (Å²) in [6.07, 6.45) is 0. The number of fused-ring (bicyclic) bond motifs is 1. The van der Waals surface area contributed by atoms with E-state index in [1.807, 2.05) is 66.7 Å². The lowest BCUT2D eigenvalue weighted by Gasteiger charge is -2.22. The molecule has 0 unspecified atom stereocenters. The van der Waals surface area contributed by atoms with E-state index in [1.165, 1.54) is 0 Å². The second-order valence-electron chi connectivity index (χ2n) is 6.06. The lowest BCUT2D eigenvalue weighted by atomic mass is 10.1. The largest absolute Gasteiger partial charge is 0.309 e. The van der Waals surface area contributed by atoms with Gasteiger partial charge in [-0.2, -0.15) is 0 Å². The van der Waals surface area contributed by atoms with Gasteiger partial charge in [-0.05, 0) is 59.3 Å². The molecule has 0 aliphatic heterocycles. The van der Waals surface area contributed by atoms with Crippen LogP contribution >= 0.6 is 30.3 Å². The molecule has 0 atom stereocenters. The van der Waals surface area contributed by atoms with Crippen LogP contribution in [0.3, 0.4) is 0 Å². The molecule has 0 saturated carbocycles. The van der Waals surface area contributed by atoms with Gasteiger partial charge < -0.3 is 4.57 Å². The molecule has 4 rings (SSSR count). The predicted molar refractivity (Wildman–Crippen MR) is 113 cm³/mol. The first-order valence-corrected chi connectivity index (χ1v) is 10.7. The smallest absolute Gasteiger partial charge is 0.171 e. The highest BCUT2D eigenvalue weighted by atomic mass is 35.5. The molecule has 0 aliphatic carbocycles. The quantitative estimate of drug-likeness (QED) is 0.400. The van der Waals surface area contributed by atoms with E-state index in [0.717, 1.165) is 26.7 Å². The number of halogens is 2. The molecule has 0 spiro atoms. The molecule has 4 aromatic rings. The molecule has 0 saturated heterocycles. The average Bonchev–Trinajstić information content (AvgIpc) is 2.68. The van der Waals surface area contributed by atoms with Crippen molar-refractivity contribution in [2.45, 2.75) is 0 Å². The second kappa shape index (κ2) is 6.93. The molecule has 0 radical (unpaired) electrons. The van der Waals surface area contributed by atoms with E-state index in [4.69, 9.17) is 23.2 Å². The minimum Gasteiger partial charge on any atom is -0.309 e. The van der Waals surface area contributed by atoms with Gasteiger partial charge in [-0.1, -0.05) is 65.7 Å². The van der Waals surface area contributed by atoms with E-state index < -0.39 is 7.14 Å². The molecule has 4 heteroatoms. The maximum atomic E-state index is 14.6. The zero-order valence-electron chi connectivity index (χ0n) is 13.8. The zero-order valence-corrected chi connectivity index (χ0v) is 16.2. The SMILES string of the molecule is O=P(c1ccc(Cl)cc1)(c1ccc(Cl)cc1)c1cccc2ccccc12. The Labute approximate surface area is 162 Å². The van der Waals surface area contributed by atoms with Crippen molar-refractivity contribution in [1.29, 1.82) is 0 Å². The molecule has 0 aromatic heterocycles. The van der Waals surface area contributed by atoms with Crippen molar-refractivity contribution in [2.24, 2.45) is 0 Å². The topological polar surface area (TPSA) is 17.1 Å². The Bertz CT molecular complexity index is 1060. The van der Waals surface area contributed by atoms with Crippen molar-refractivity contribution in [3.63, 3.8) is 0 Å². The zero-order chi connectivity index (χ0) is 18.1. The minimum atomic E-state index is -3.08. The molecule has 1 nitrogen and oxygen atoms in total. The van der Waals surface area contributed by atoms with Crippen LogP contribution in [-0.4, -0.2) is 0 Å². The van der Waals surface area contributed by atoms with Crippen LogP contribution in [-0.2, 0) is 4.57 Å². The van der Waals surface area contributed by atoms with Gasteiger partial charge in [0.05, 0.1) is 0 Å². The van der Waals surface area contributed by atoms with E-state index in [0.29, 0.717) is 10.0 Å². The Morgan fingerprint density at radius 3 is 1.65 bits per heavy atom. The van der Waals surface area contributed by atoms with E-state index in [2.05, 4.69) is 0 Å². The van der Waals surface area contributed by atoms with Gasteiger partial charge >= 0.3 is 0 Å². The minimum absolute atomic E-state index is 0.620. The normalized spacial score (nSPS) is 11.6. The maximum absolute atomic E-state index is 14.6. The van der Waals surface area contributed by atoms with Crippen molar-refractivity contribution in [3.8, 4) is 0 Å². The first-order chi connectivity index (χ1) is 12.6. The summed E-state index contributed by atoms with van der Waals surface area (Å²) in [5, 5.41) is 5.61. The predicted octanol–water partition coefficient (Wildman–Crippen LogP) is 5.79. The van der Waals surface area contributed by atoms with Crippen molar-refractivity contribution < 1.29 is 4.57 Å². The van der Waals surface area contributed by atoms with Gasteiger partial charge in [-0.3, -0.25) is 0 Å². The lowest BCUT2D eigenvalue weighted by molar-refractivity contribution is 0.592. The Balaban J connectivity index is 2.06. The van der Waals surface area contributed by atoms with Crippen molar-refractivity contribution >= 4 is 57.0 Å². The van der Waals surface area contributed by atoms with Crippen LogP contribution in [0.1, 0.15) is 0 Å². The van der Waals surface area contributed by atoms with Crippen LogP contribution in [0.15, 0.2) is 91.0 Å². The van der Waals surface area contributed by atoms with Gasteiger partial charge in [0, 0.05) is 26.0 Å². The van der Waals surface area contributed by atoms with Crippen LogP contribution in [0.25, 0.3) is 10.8 Å². The highest BCUT2D eigenvalue weighted by Crippen LogP contribution is 2.44. The summed E-state index contributed by atoms with van der Waals surface area (Å²) in [7, 11) is -3.08. The van der Waals surface area contributed by atoms with E-state index in [-0.39, 0.29) is 0 Å². The summed E-state index contributed by atoms with van der Waals surface area (Å²) >= 11 is 12.1. The molecule has 0 amide bonds. The number of benzene rings is 4. The van der Waals surface area contributed by atoms with E-state index >= 15 is 0 Å². The third kappa shape index (κ3) is 2.97. The Hall–Kier alpha value is -2.05. The van der Waals surface area contributed by atoms with E-state index in [1.54, 1.807) is 24.3 Å². The Kier molecular flexibility index (Phi) is 4.63. The van der Waals surface area contributed by atoms with Gasteiger partial charge in [-0.25, -0.2) is 0 Å². The third-order valence-corrected chi connectivity index (χ3v) is 8.11. The van der Waals surface area contributed by atoms with Gasteiger partial charge in [-0.15, -0.1) is 0 Å². The van der Waals surface area contributed by atoms with Crippen LogP contribution in [0.5, 0.6) is 0 Å². The summed E-state index contributed by atoms with van der Waals surface area (Å²) in [5.41, 5.74) is 0. The van der Waals surface area contributed by atoms with Crippen LogP contribution in [0, 0.1) is 0 Å². The highest BCUT2D eigenvalue weighted by molar-refractivity contribution is 7.85. The monoisotopic (exact) mass is 396 g/mol. The van der Waals surface area contributed by atoms with Gasteiger partial charge in [0.25, 0.3) is 0 Å². The lowest BCUT2D eigenvalue weighted by Crippen LogP contribution is -2.25. The molecule has 128 valence electrons. The summed E-state index contributed by atoms with van der Waals surface area (Å²) in [5.74, 6) is 0. The molecular formula is C22H15Cl2OP. The fraction of sp³-hybridized carbons (Fsp3) is 0. The second-order valence-corrected chi connectivity index (χ2v) is 9.67. The van der Waals surface area contributed by atoms with Gasteiger partial charge in [0.2, 0.25) is 0 Å². The molecule has 4 aromatic carbocycles. The fourth-order valence-corrected chi connectivity index (χ4v) is 6.30. The van der Waals surface area contributed by atoms with Gasteiger partial charge in [0.1, 0.15) is 0 Å².